The van der Waals surface area contributed by atoms with Crippen molar-refractivity contribution in [3.05, 3.63) is 36.2 Å². The van der Waals surface area contributed by atoms with E-state index in [0.29, 0.717) is 5.75 Å². The third-order valence-corrected chi connectivity index (χ3v) is 4.19. The number of carbonyl (C=O) groups is 1. The molecule has 0 fully saturated rings. The third-order valence-electron chi connectivity index (χ3n) is 2.41. The second-order valence-electron chi connectivity index (χ2n) is 3.66. The molecule has 0 aliphatic heterocycles. The molecule has 0 saturated carbocycles. The van der Waals surface area contributed by atoms with Gasteiger partial charge >= 0.3 is 0 Å². The highest BCUT2D eigenvalue weighted by molar-refractivity contribution is 7.99. The van der Waals surface area contributed by atoms with Gasteiger partial charge in [0, 0.05) is 17.5 Å². The summed E-state index contributed by atoms with van der Waals surface area (Å²) in [4.78, 5) is 13.1. The molecule has 94 valence electrons. The zero-order valence-corrected chi connectivity index (χ0v) is 11.8. The van der Waals surface area contributed by atoms with Gasteiger partial charge in [0.25, 0.3) is 0 Å². The standard InChI is InChI=1S/C12H13N3OS2/c1-15-8-13-14-12(15)18-7-11(16)9-3-5-10(17-2)6-4-9/h3-6,8H,7H2,1-2H3. The van der Waals surface area contributed by atoms with Crippen LogP contribution in [0.5, 0.6) is 0 Å². The summed E-state index contributed by atoms with van der Waals surface area (Å²) in [6.45, 7) is 0. The van der Waals surface area contributed by atoms with Crippen molar-refractivity contribution in [1.29, 1.82) is 0 Å². The van der Waals surface area contributed by atoms with Crippen LogP contribution in [0.4, 0.5) is 0 Å². The number of ketones is 1. The van der Waals surface area contributed by atoms with E-state index in [1.807, 2.05) is 37.6 Å². The molecule has 0 atom stereocenters. The highest BCUT2D eigenvalue weighted by Crippen LogP contribution is 2.18. The minimum atomic E-state index is 0.107. The lowest BCUT2D eigenvalue weighted by atomic mass is 10.1. The predicted molar refractivity (Wildman–Crippen MR) is 74.3 cm³/mol. The lowest BCUT2D eigenvalue weighted by Gasteiger charge is -2.02. The summed E-state index contributed by atoms with van der Waals surface area (Å²) in [6.07, 6.45) is 3.64. The first-order chi connectivity index (χ1) is 8.70. The molecule has 1 aromatic carbocycles. The molecule has 2 rings (SSSR count). The van der Waals surface area contributed by atoms with Gasteiger partial charge in [-0.05, 0) is 18.4 Å². The van der Waals surface area contributed by atoms with Gasteiger partial charge < -0.3 is 4.57 Å². The van der Waals surface area contributed by atoms with Crippen molar-refractivity contribution in [1.82, 2.24) is 14.8 Å². The molecule has 1 heterocycles. The Morgan fingerprint density at radius 1 is 1.33 bits per heavy atom. The fourth-order valence-corrected chi connectivity index (χ4v) is 2.58. The molecule has 0 bridgehead atoms. The summed E-state index contributed by atoms with van der Waals surface area (Å²) in [5, 5.41) is 8.46. The van der Waals surface area contributed by atoms with Crippen LogP contribution in [0.2, 0.25) is 0 Å². The van der Waals surface area contributed by atoms with Gasteiger partial charge in [-0.25, -0.2) is 0 Å². The van der Waals surface area contributed by atoms with Crippen molar-refractivity contribution in [2.24, 2.45) is 7.05 Å². The van der Waals surface area contributed by atoms with Crippen molar-refractivity contribution in [2.45, 2.75) is 10.1 Å². The van der Waals surface area contributed by atoms with Crippen molar-refractivity contribution >= 4 is 29.3 Å². The fourth-order valence-electron chi connectivity index (χ4n) is 1.39. The molecule has 0 spiro atoms. The molecule has 2 aromatic rings. The van der Waals surface area contributed by atoms with Gasteiger partial charge in [0.05, 0.1) is 5.75 Å². The maximum atomic E-state index is 12.0. The first-order valence-electron chi connectivity index (χ1n) is 5.35. The van der Waals surface area contributed by atoms with Crippen LogP contribution in [0.1, 0.15) is 10.4 Å². The largest absolute Gasteiger partial charge is 0.312 e. The number of Topliss-reactive ketones (excluding diaryl/α,β-unsaturated/α-hetero) is 1. The first-order valence-corrected chi connectivity index (χ1v) is 7.56. The van der Waals surface area contributed by atoms with E-state index in [9.17, 15) is 4.79 Å². The van der Waals surface area contributed by atoms with Crippen LogP contribution in [0.15, 0.2) is 40.6 Å². The van der Waals surface area contributed by atoms with E-state index in [2.05, 4.69) is 10.2 Å². The molecule has 0 amide bonds. The minimum absolute atomic E-state index is 0.107. The van der Waals surface area contributed by atoms with E-state index < -0.39 is 0 Å². The number of hydrogen-bond acceptors (Lipinski definition) is 5. The Morgan fingerprint density at radius 3 is 2.61 bits per heavy atom. The lowest BCUT2D eigenvalue weighted by Crippen LogP contribution is -2.03. The predicted octanol–water partition coefficient (Wildman–Crippen LogP) is 2.51. The Morgan fingerprint density at radius 2 is 2.06 bits per heavy atom. The van der Waals surface area contributed by atoms with Crippen molar-refractivity contribution in [3.8, 4) is 0 Å². The summed E-state index contributed by atoms with van der Waals surface area (Å²) < 4.78 is 1.80. The van der Waals surface area contributed by atoms with Crippen molar-refractivity contribution in [3.63, 3.8) is 0 Å². The number of benzene rings is 1. The Bertz CT molecular complexity index is 537. The highest BCUT2D eigenvalue weighted by Gasteiger charge is 2.09. The van der Waals surface area contributed by atoms with Crippen LogP contribution in [0.3, 0.4) is 0 Å². The molecule has 18 heavy (non-hydrogen) atoms. The van der Waals surface area contributed by atoms with Crippen molar-refractivity contribution < 1.29 is 4.79 Å². The zero-order chi connectivity index (χ0) is 13.0. The normalized spacial score (nSPS) is 10.6. The van der Waals surface area contributed by atoms with Crippen molar-refractivity contribution in [2.75, 3.05) is 12.0 Å². The SMILES string of the molecule is CSc1ccc(C(=O)CSc2nncn2C)cc1. The number of carbonyl (C=O) groups excluding carboxylic acids is 1. The van der Waals surface area contributed by atoms with Crippen LogP contribution in [0, 0.1) is 0 Å². The molecule has 0 radical (unpaired) electrons. The average molecular weight is 279 g/mol. The fraction of sp³-hybridized carbons (Fsp3) is 0.250. The van der Waals surface area contributed by atoms with Gasteiger partial charge in [-0.15, -0.1) is 22.0 Å². The number of hydrogen-bond donors (Lipinski definition) is 0. The number of aryl methyl sites for hydroxylation is 1. The van der Waals surface area contributed by atoms with Gasteiger partial charge in [0.15, 0.2) is 10.9 Å². The average Bonchev–Trinajstić information content (AvgIpc) is 2.81. The number of nitrogens with zero attached hydrogens (tertiary/aromatic N) is 3. The Labute approximate surface area is 114 Å². The van der Waals surface area contributed by atoms with Gasteiger partial charge in [0.1, 0.15) is 6.33 Å². The molecule has 0 saturated heterocycles. The molecule has 6 heteroatoms. The van der Waals surface area contributed by atoms with Gasteiger partial charge in [0.2, 0.25) is 0 Å². The summed E-state index contributed by atoms with van der Waals surface area (Å²) in [5.74, 6) is 0.487. The van der Waals surface area contributed by atoms with E-state index >= 15 is 0 Å². The van der Waals surface area contributed by atoms with Crippen LogP contribution in [0.25, 0.3) is 0 Å². The minimum Gasteiger partial charge on any atom is -0.312 e. The summed E-state index contributed by atoms with van der Waals surface area (Å²) in [7, 11) is 1.86. The highest BCUT2D eigenvalue weighted by atomic mass is 32.2. The molecular weight excluding hydrogens is 266 g/mol. The Balaban J connectivity index is 1.97. The molecule has 0 aliphatic carbocycles. The number of rotatable bonds is 5. The van der Waals surface area contributed by atoms with Crippen LogP contribution < -0.4 is 0 Å². The van der Waals surface area contributed by atoms with Gasteiger partial charge in [-0.3, -0.25) is 4.79 Å². The molecule has 4 nitrogen and oxygen atoms in total. The maximum absolute atomic E-state index is 12.0. The number of thioether (sulfide) groups is 2. The summed E-state index contributed by atoms with van der Waals surface area (Å²) in [6, 6.07) is 7.66. The van der Waals surface area contributed by atoms with E-state index in [1.165, 1.54) is 11.8 Å². The third kappa shape index (κ3) is 3.14. The topological polar surface area (TPSA) is 47.8 Å². The van der Waals surface area contributed by atoms with E-state index in [4.69, 9.17) is 0 Å². The lowest BCUT2D eigenvalue weighted by molar-refractivity contribution is 0.102. The quantitative estimate of drug-likeness (QED) is 0.621. The maximum Gasteiger partial charge on any atom is 0.191 e. The summed E-state index contributed by atoms with van der Waals surface area (Å²) >= 11 is 3.07. The van der Waals surface area contributed by atoms with E-state index in [0.717, 1.165) is 15.6 Å². The molecule has 0 unspecified atom stereocenters. The summed E-state index contributed by atoms with van der Waals surface area (Å²) in [5.41, 5.74) is 0.738. The monoisotopic (exact) mass is 279 g/mol. The second kappa shape index (κ2) is 6.06. The molecule has 0 N–H and O–H groups in total. The zero-order valence-electron chi connectivity index (χ0n) is 10.2. The van der Waals surface area contributed by atoms with E-state index in [1.54, 1.807) is 22.7 Å². The van der Waals surface area contributed by atoms with Crippen LogP contribution >= 0.6 is 23.5 Å². The molecule has 1 aromatic heterocycles. The second-order valence-corrected chi connectivity index (χ2v) is 5.49. The molecule has 0 aliphatic rings. The van der Waals surface area contributed by atoms with E-state index in [-0.39, 0.29) is 5.78 Å². The van der Waals surface area contributed by atoms with Crippen LogP contribution in [-0.4, -0.2) is 32.6 Å². The van der Waals surface area contributed by atoms with Gasteiger partial charge in [-0.2, -0.15) is 0 Å². The Kier molecular flexibility index (Phi) is 4.43. The molecular formula is C12H13N3OS2. The smallest absolute Gasteiger partial charge is 0.191 e. The first kappa shape index (κ1) is 13.2. The van der Waals surface area contributed by atoms with Gasteiger partial charge in [-0.1, -0.05) is 23.9 Å². The number of aromatic nitrogens is 3. The Hall–Kier alpha value is -1.27. The van der Waals surface area contributed by atoms with Crippen LogP contribution in [-0.2, 0) is 7.05 Å².